The molecule has 1 aromatic carbocycles. The molecule has 0 saturated carbocycles. The quantitative estimate of drug-likeness (QED) is 0.706. The van der Waals surface area contributed by atoms with Gasteiger partial charge in [0.25, 0.3) is 0 Å². The molecule has 3 aromatic rings. The third-order valence-electron chi connectivity index (χ3n) is 4.98. The molecule has 26 heavy (non-hydrogen) atoms. The Morgan fingerprint density at radius 1 is 0.962 bits per heavy atom. The van der Waals surface area contributed by atoms with Gasteiger partial charge in [0.1, 0.15) is 0 Å². The van der Waals surface area contributed by atoms with Crippen molar-refractivity contribution in [2.24, 2.45) is 0 Å². The number of pyridine rings is 1. The third kappa shape index (κ3) is 3.76. The average Bonchev–Trinajstić information content (AvgIpc) is 3.00. The van der Waals surface area contributed by atoms with Crippen molar-refractivity contribution in [1.29, 1.82) is 0 Å². The van der Waals surface area contributed by atoms with Gasteiger partial charge >= 0.3 is 0 Å². The topological polar surface area (TPSA) is 40.1 Å². The van der Waals surface area contributed by atoms with Gasteiger partial charge in [0.05, 0.1) is 19.6 Å². The van der Waals surface area contributed by atoms with Crippen molar-refractivity contribution in [2.75, 3.05) is 13.1 Å². The van der Waals surface area contributed by atoms with Crippen molar-refractivity contribution in [1.82, 2.24) is 19.3 Å². The summed E-state index contributed by atoms with van der Waals surface area (Å²) in [6, 6.07) is 14.4. The summed E-state index contributed by atoms with van der Waals surface area (Å²) in [5.41, 5.74) is 2.28. The largest absolute Gasteiger partial charge is 0.316 e. The highest BCUT2D eigenvalue weighted by molar-refractivity contribution is 7.71. The molecule has 134 valence electrons. The summed E-state index contributed by atoms with van der Waals surface area (Å²) in [6.07, 6.45) is 7.55. The lowest BCUT2D eigenvalue weighted by molar-refractivity contribution is -0.928. The Morgan fingerprint density at radius 2 is 1.69 bits per heavy atom. The first-order valence-corrected chi connectivity index (χ1v) is 9.67. The van der Waals surface area contributed by atoms with E-state index in [9.17, 15) is 0 Å². The van der Waals surface area contributed by atoms with Crippen molar-refractivity contribution in [3.05, 3.63) is 65.2 Å². The van der Waals surface area contributed by atoms with Gasteiger partial charge in [0.2, 0.25) is 4.77 Å². The van der Waals surface area contributed by atoms with Crippen LogP contribution in [0.15, 0.2) is 54.9 Å². The molecule has 0 aliphatic carbocycles. The van der Waals surface area contributed by atoms with Crippen molar-refractivity contribution in [3.63, 3.8) is 0 Å². The lowest BCUT2D eigenvalue weighted by atomic mass is 10.1. The normalized spacial score (nSPS) is 15.2. The SMILES string of the molecule is S=c1n(C[NH+]2CCCCC2)nc(-c2ccncc2)n1Cc1ccccc1. The highest BCUT2D eigenvalue weighted by Gasteiger charge is 2.18. The molecular formula is C20H24N5S+. The number of aromatic nitrogens is 4. The van der Waals surface area contributed by atoms with Gasteiger partial charge in [-0.2, -0.15) is 4.68 Å². The van der Waals surface area contributed by atoms with E-state index in [4.69, 9.17) is 17.3 Å². The van der Waals surface area contributed by atoms with E-state index in [0.717, 1.165) is 29.4 Å². The zero-order chi connectivity index (χ0) is 17.8. The van der Waals surface area contributed by atoms with Crippen LogP contribution in [-0.4, -0.2) is 32.4 Å². The van der Waals surface area contributed by atoms with Crippen LogP contribution in [0.5, 0.6) is 0 Å². The van der Waals surface area contributed by atoms with Crippen LogP contribution < -0.4 is 4.90 Å². The van der Waals surface area contributed by atoms with Crippen molar-refractivity contribution < 1.29 is 4.90 Å². The van der Waals surface area contributed by atoms with Gasteiger partial charge in [-0.05, 0) is 49.2 Å². The van der Waals surface area contributed by atoms with E-state index in [-0.39, 0.29) is 0 Å². The maximum Gasteiger partial charge on any atom is 0.203 e. The standard InChI is InChI=1S/C20H23N5S/c26-20-24(15-17-7-3-1-4-8-17)19(18-9-11-21-12-10-18)22-25(20)16-23-13-5-2-6-14-23/h1,3-4,7-12H,2,5-6,13-16H2/p+1. The molecule has 0 atom stereocenters. The lowest BCUT2D eigenvalue weighted by Crippen LogP contribution is -3.12. The van der Waals surface area contributed by atoms with E-state index in [1.165, 1.54) is 37.9 Å². The molecule has 6 heteroatoms. The van der Waals surface area contributed by atoms with Crippen LogP contribution in [0.2, 0.25) is 0 Å². The van der Waals surface area contributed by atoms with Gasteiger partial charge < -0.3 is 4.90 Å². The maximum atomic E-state index is 5.81. The summed E-state index contributed by atoms with van der Waals surface area (Å²) in [5, 5.41) is 4.90. The van der Waals surface area contributed by atoms with Gasteiger partial charge in [-0.25, -0.2) is 0 Å². The van der Waals surface area contributed by atoms with Crippen LogP contribution in [-0.2, 0) is 13.2 Å². The maximum absolute atomic E-state index is 5.81. The van der Waals surface area contributed by atoms with Crippen LogP contribution in [0.1, 0.15) is 24.8 Å². The number of quaternary nitrogens is 1. The first-order chi connectivity index (χ1) is 12.8. The fraction of sp³-hybridized carbons (Fsp3) is 0.350. The zero-order valence-corrected chi connectivity index (χ0v) is 15.7. The molecule has 5 nitrogen and oxygen atoms in total. The number of piperidine rings is 1. The average molecular weight is 367 g/mol. The predicted molar refractivity (Wildman–Crippen MR) is 104 cm³/mol. The summed E-state index contributed by atoms with van der Waals surface area (Å²) in [5.74, 6) is 0.915. The fourth-order valence-electron chi connectivity index (χ4n) is 3.59. The smallest absolute Gasteiger partial charge is 0.203 e. The minimum atomic E-state index is 0.729. The second kappa shape index (κ2) is 7.93. The number of nitrogens with one attached hydrogen (secondary N) is 1. The molecule has 1 fully saturated rings. The van der Waals surface area contributed by atoms with Crippen LogP contribution in [0.25, 0.3) is 11.4 Å². The van der Waals surface area contributed by atoms with E-state index in [1.807, 2.05) is 22.9 Å². The van der Waals surface area contributed by atoms with E-state index in [0.29, 0.717) is 0 Å². The number of benzene rings is 1. The van der Waals surface area contributed by atoms with Gasteiger partial charge in [0.15, 0.2) is 12.5 Å². The first-order valence-electron chi connectivity index (χ1n) is 9.27. The molecule has 1 aliphatic heterocycles. The monoisotopic (exact) mass is 366 g/mol. The molecule has 1 aliphatic rings. The lowest BCUT2D eigenvalue weighted by Gasteiger charge is -2.22. The van der Waals surface area contributed by atoms with Crippen LogP contribution >= 0.6 is 12.2 Å². The second-order valence-corrected chi connectivity index (χ2v) is 7.25. The summed E-state index contributed by atoms with van der Waals surface area (Å²) in [7, 11) is 0. The Labute approximate surface area is 158 Å². The molecule has 0 amide bonds. The molecule has 1 saturated heterocycles. The third-order valence-corrected chi connectivity index (χ3v) is 5.41. The molecule has 3 heterocycles. The molecule has 4 rings (SSSR count). The van der Waals surface area contributed by atoms with Crippen molar-refractivity contribution in [3.8, 4) is 11.4 Å². The van der Waals surface area contributed by atoms with Gasteiger partial charge in [-0.15, -0.1) is 5.10 Å². The summed E-state index contributed by atoms with van der Waals surface area (Å²) in [4.78, 5) is 5.70. The van der Waals surface area contributed by atoms with Gasteiger partial charge in [-0.3, -0.25) is 9.55 Å². The number of rotatable bonds is 5. The Kier molecular flexibility index (Phi) is 5.22. The fourth-order valence-corrected chi connectivity index (χ4v) is 3.85. The first kappa shape index (κ1) is 17.1. The highest BCUT2D eigenvalue weighted by atomic mass is 32.1. The van der Waals surface area contributed by atoms with Gasteiger partial charge in [0, 0.05) is 18.0 Å². The molecular weight excluding hydrogens is 342 g/mol. The molecule has 2 aromatic heterocycles. The van der Waals surface area contributed by atoms with Crippen molar-refractivity contribution in [2.45, 2.75) is 32.5 Å². The van der Waals surface area contributed by atoms with Crippen LogP contribution in [0, 0.1) is 4.77 Å². The molecule has 0 spiro atoms. The molecule has 0 bridgehead atoms. The number of likely N-dealkylation sites (tertiary alicyclic amines) is 1. The van der Waals surface area contributed by atoms with E-state index >= 15 is 0 Å². The van der Waals surface area contributed by atoms with Crippen LogP contribution in [0.4, 0.5) is 0 Å². The summed E-state index contributed by atoms with van der Waals surface area (Å²) < 4.78 is 4.94. The Hall–Kier alpha value is -2.31. The zero-order valence-electron chi connectivity index (χ0n) is 14.8. The van der Waals surface area contributed by atoms with Gasteiger partial charge in [-0.1, -0.05) is 30.3 Å². The Bertz CT molecular complexity index is 895. The highest BCUT2D eigenvalue weighted by Crippen LogP contribution is 2.19. The van der Waals surface area contributed by atoms with E-state index in [2.05, 4.69) is 33.8 Å². The Morgan fingerprint density at radius 3 is 2.42 bits per heavy atom. The second-order valence-electron chi connectivity index (χ2n) is 6.88. The number of nitrogens with zero attached hydrogens (tertiary/aromatic N) is 4. The van der Waals surface area contributed by atoms with Crippen molar-refractivity contribution >= 4 is 12.2 Å². The molecule has 1 N–H and O–H groups in total. The minimum absolute atomic E-state index is 0.729. The number of hydrogen-bond donors (Lipinski definition) is 1. The Balaban J connectivity index is 1.71. The minimum Gasteiger partial charge on any atom is -0.316 e. The van der Waals surface area contributed by atoms with E-state index in [1.54, 1.807) is 17.3 Å². The van der Waals surface area contributed by atoms with E-state index < -0.39 is 0 Å². The summed E-state index contributed by atoms with van der Waals surface area (Å²) in [6.45, 7) is 3.99. The van der Waals surface area contributed by atoms with Crippen LogP contribution in [0.3, 0.4) is 0 Å². The predicted octanol–water partition coefficient (Wildman–Crippen LogP) is 2.55. The summed E-state index contributed by atoms with van der Waals surface area (Å²) >= 11 is 5.81. The molecule has 0 unspecified atom stereocenters. The number of hydrogen-bond acceptors (Lipinski definition) is 3. The molecule has 0 radical (unpaired) electrons.